The third kappa shape index (κ3) is 1.86. The van der Waals surface area contributed by atoms with Gasteiger partial charge in [0.25, 0.3) is 0 Å². The highest BCUT2D eigenvalue weighted by Crippen LogP contribution is 2.39. The van der Waals surface area contributed by atoms with E-state index in [1.807, 2.05) is 0 Å². The molecule has 2 aliphatic rings. The van der Waals surface area contributed by atoms with Gasteiger partial charge < -0.3 is 20.5 Å². The molecular formula is C11H15BrN4O2. The van der Waals surface area contributed by atoms with Crippen molar-refractivity contribution in [2.45, 2.75) is 24.6 Å². The first-order chi connectivity index (χ1) is 8.70. The van der Waals surface area contributed by atoms with E-state index in [4.69, 9.17) is 15.2 Å². The largest absolute Gasteiger partial charge is 0.480 e. The second-order valence-corrected chi connectivity index (χ2v) is 5.44. The molecule has 4 unspecified atom stereocenters. The number of rotatable bonds is 3. The first-order valence-electron chi connectivity index (χ1n) is 5.91. The topological polar surface area (TPSA) is 82.3 Å². The fraction of sp³-hybridized carbons (Fsp3) is 0.636. The second kappa shape index (κ2) is 4.64. The van der Waals surface area contributed by atoms with Gasteiger partial charge in [0, 0.05) is 18.6 Å². The van der Waals surface area contributed by atoms with Crippen LogP contribution in [0.1, 0.15) is 6.42 Å². The molecule has 3 rings (SSSR count). The third-order valence-electron chi connectivity index (χ3n) is 3.65. The summed E-state index contributed by atoms with van der Waals surface area (Å²) in [4.78, 5) is 8.46. The van der Waals surface area contributed by atoms with E-state index in [0.717, 1.165) is 17.5 Å². The van der Waals surface area contributed by atoms with E-state index in [1.54, 1.807) is 13.3 Å². The molecule has 3 N–H and O–H groups in total. The zero-order valence-corrected chi connectivity index (χ0v) is 11.6. The van der Waals surface area contributed by atoms with Crippen LogP contribution in [0.2, 0.25) is 0 Å². The number of hydrogen-bond donors (Lipinski definition) is 2. The van der Waals surface area contributed by atoms with Crippen molar-refractivity contribution in [2.75, 3.05) is 19.0 Å². The normalized spacial score (nSPS) is 33.7. The van der Waals surface area contributed by atoms with Crippen molar-refractivity contribution in [3.63, 3.8) is 0 Å². The number of halogens is 1. The summed E-state index contributed by atoms with van der Waals surface area (Å²) in [6.07, 6.45) is 2.90. The molecule has 0 aromatic carbocycles. The Morgan fingerprint density at radius 2 is 2.44 bits per heavy atom. The number of anilines is 1. The molecule has 1 aliphatic heterocycles. The highest BCUT2D eigenvalue weighted by molar-refractivity contribution is 9.10. The zero-order valence-electron chi connectivity index (χ0n) is 9.97. The van der Waals surface area contributed by atoms with Crippen molar-refractivity contribution in [3.8, 4) is 5.88 Å². The molecule has 4 atom stereocenters. The van der Waals surface area contributed by atoms with E-state index >= 15 is 0 Å². The maximum Gasteiger partial charge on any atom is 0.232 e. The number of nitrogens with zero attached hydrogens (tertiary/aromatic N) is 2. The lowest BCUT2D eigenvalue weighted by atomic mass is 9.72. The SMILES string of the molecule is COc1nc(NC2C(N)C3CCOC32)ncc1Br. The van der Waals surface area contributed by atoms with Crippen LogP contribution in [0.15, 0.2) is 10.7 Å². The number of nitrogens with two attached hydrogens (primary N) is 1. The summed E-state index contributed by atoms with van der Waals surface area (Å²) in [5.41, 5.74) is 6.12. The summed E-state index contributed by atoms with van der Waals surface area (Å²) in [6.45, 7) is 0.797. The van der Waals surface area contributed by atoms with Crippen LogP contribution in [-0.4, -0.2) is 41.9 Å². The van der Waals surface area contributed by atoms with Gasteiger partial charge in [0.2, 0.25) is 11.8 Å². The Balaban J connectivity index is 1.73. The van der Waals surface area contributed by atoms with Gasteiger partial charge in [-0.1, -0.05) is 0 Å². The van der Waals surface area contributed by atoms with Gasteiger partial charge >= 0.3 is 0 Å². The lowest BCUT2D eigenvalue weighted by Gasteiger charge is -2.45. The molecule has 1 aromatic heterocycles. The van der Waals surface area contributed by atoms with Gasteiger partial charge in [-0.05, 0) is 22.4 Å². The molecule has 0 radical (unpaired) electrons. The average Bonchev–Trinajstić information content (AvgIpc) is 2.82. The second-order valence-electron chi connectivity index (χ2n) is 4.59. The maximum atomic E-state index is 6.12. The molecule has 18 heavy (non-hydrogen) atoms. The van der Waals surface area contributed by atoms with E-state index in [0.29, 0.717) is 17.7 Å². The molecule has 1 saturated heterocycles. The maximum absolute atomic E-state index is 6.12. The summed E-state index contributed by atoms with van der Waals surface area (Å²) >= 11 is 3.32. The molecule has 98 valence electrons. The first kappa shape index (κ1) is 12.1. The van der Waals surface area contributed by atoms with Crippen LogP contribution in [0.5, 0.6) is 5.88 Å². The van der Waals surface area contributed by atoms with Crippen LogP contribution in [0, 0.1) is 5.92 Å². The Morgan fingerprint density at radius 1 is 1.61 bits per heavy atom. The number of hydrogen-bond acceptors (Lipinski definition) is 6. The monoisotopic (exact) mass is 314 g/mol. The minimum absolute atomic E-state index is 0.0865. The molecule has 6 nitrogen and oxygen atoms in total. The minimum atomic E-state index is 0.0865. The molecule has 1 aliphatic carbocycles. The number of fused-ring (bicyclic) bond motifs is 1. The molecule has 0 amide bonds. The minimum Gasteiger partial charge on any atom is -0.480 e. The summed E-state index contributed by atoms with van der Waals surface area (Å²) in [5, 5.41) is 3.23. The Bertz CT molecular complexity index is 459. The summed E-state index contributed by atoms with van der Waals surface area (Å²) in [5.74, 6) is 1.49. The molecule has 1 saturated carbocycles. The van der Waals surface area contributed by atoms with E-state index in [1.165, 1.54) is 0 Å². The predicted octanol–water partition coefficient (Wildman–Crippen LogP) is 0.774. The van der Waals surface area contributed by atoms with Crippen molar-refractivity contribution in [3.05, 3.63) is 10.7 Å². The van der Waals surface area contributed by atoms with Gasteiger partial charge in [-0.3, -0.25) is 0 Å². The first-order valence-corrected chi connectivity index (χ1v) is 6.70. The Labute approximate surface area is 113 Å². The van der Waals surface area contributed by atoms with Gasteiger partial charge in [-0.15, -0.1) is 0 Å². The highest BCUT2D eigenvalue weighted by atomic mass is 79.9. The fourth-order valence-electron chi connectivity index (χ4n) is 2.64. The Morgan fingerprint density at radius 3 is 3.22 bits per heavy atom. The number of ether oxygens (including phenoxy) is 2. The lowest BCUT2D eigenvalue weighted by molar-refractivity contribution is 0.00507. The van der Waals surface area contributed by atoms with Crippen molar-refractivity contribution in [1.29, 1.82) is 0 Å². The molecule has 2 heterocycles. The van der Waals surface area contributed by atoms with E-state index in [2.05, 4.69) is 31.2 Å². The summed E-state index contributed by atoms with van der Waals surface area (Å²) in [6, 6.07) is 0.194. The van der Waals surface area contributed by atoms with Crippen LogP contribution in [0.4, 0.5) is 5.95 Å². The molecule has 0 bridgehead atoms. The number of methoxy groups -OCH3 is 1. The van der Waals surface area contributed by atoms with Crippen LogP contribution in [0.3, 0.4) is 0 Å². The summed E-state index contributed by atoms with van der Waals surface area (Å²) in [7, 11) is 1.57. The van der Waals surface area contributed by atoms with Gasteiger partial charge in [0.15, 0.2) is 0 Å². The van der Waals surface area contributed by atoms with Crippen LogP contribution < -0.4 is 15.8 Å². The molecule has 0 spiro atoms. The van der Waals surface area contributed by atoms with E-state index < -0.39 is 0 Å². The Hall–Kier alpha value is -0.920. The lowest BCUT2D eigenvalue weighted by Crippen LogP contribution is -2.65. The van der Waals surface area contributed by atoms with Crippen molar-refractivity contribution >= 4 is 21.9 Å². The highest BCUT2D eigenvalue weighted by Gasteiger charge is 2.52. The van der Waals surface area contributed by atoms with Gasteiger partial charge in [-0.25, -0.2) is 4.98 Å². The van der Waals surface area contributed by atoms with Gasteiger partial charge in [-0.2, -0.15) is 4.98 Å². The van der Waals surface area contributed by atoms with Crippen LogP contribution >= 0.6 is 15.9 Å². The average molecular weight is 315 g/mol. The molecule has 1 aromatic rings. The van der Waals surface area contributed by atoms with Crippen LogP contribution in [-0.2, 0) is 4.74 Å². The van der Waals surface area contributed by atoms with Crippen molar-refractivity contribution < 1.29 is 9.47 Å². The van der Waals surface area contributed by atoms with E-state index in [9.17, 15) is 0 Å². The predicted molar refractivity (Wildman–Crippen MR) is 69.5 cm³/mol. The van der Waals surface area contributed by atoms with Gasteiger partial charge in [0.1, 0.15) is 0 Å². The quantitative estimate of drug-likeness (QED) is 0.857. The molecule has 2 fully saturated rings. The number of aromatic nitrogens is 2. The third-order valence-corrected chi connectivity index (χ3v) is 4.19. The van der Waals surface area contributed by atoms with Crippen molar-refractivity contribution in [1.82, 2.24) is 9.97 Å². The summed E-state index contributed by atoms with van der Waals surface area (Å²) < 4.78 is 11.5. The Kier molecular flexibility index (Phi) is 3.13. The zero-order chi connectivity index (χ0) is 12.7. The number of nitrogens with one attached hydrogen (secondary N) is 1. The standard InChI is InChI=1S/C11H15BrN4O2/c1-17-10-6(12)4-14-11(16-10)15-8-7(13)5-2-3-18-9(5)8/h4-5,7-9H,2-3,13H2,1H3,(H,14,15,16). The van der Waals surface area contributed by atoms with E-state index in [-0.39, 0.29) is 18.2 Å². The molecule has 7 heteroatoms. The van der Waals surface area contributed by atoms with Crippen molar-refractivity contribution in [2.24, 2.45) is 11.7 Å². The fourth-order valence-corrected chi connectivity index (χ4v) is 2.99. The molecular weight excluding hydrogens is 300 g/mol. The van der Waals surface area contributed by atoms with Crippen LogP contribution in [0.25, 0.3) is 0 Å². The van der Waals surface area contributed by atoms with Gasteiger partial charge in [0.05, 0.1) is 29.9 Å². The smallest absolute Gasteiger partial charge is 0.232 e.